The number of benzene rings is 1. The molecule has 0 unspecified atom stereocenters. The van der Waals surface area contributed by atoms with Crippen molar-refractivity contribution in [3.05, 3.63) is 52.7 Å². The number of aromatic nitrogens is 4. The Bertz CT molecular complexity index is 1520. The third kappa shape index (κ3) is 3.04. The Labute approximate surface area is 192 Å². The number of aliphatic hydroxyl groups excluding tert-OH is 1. The summed E-state index contributed by atoms with van der Waals surface area (Å²) in [5.41, 5.74) is 1.52. The normalized spacial score (nSPS) is 16.4. The number of halogens is 3. The number of hydrogen-bond donors (Lipinski definition) is 1. The zero-order valence-corrected chi connectivity index (χ0v) is 18.1. The molecule has 1 aromatic carbocycles. The predicted octanol–water partition coefficient (Wildman–Crippen LogP) is 4.26. The van der Waals surface area contributed by atoms with Gasteiger partial charge in [0.25, 0.3) is 6.43 Å². The molecule has 6 rings (SSSR count). The smallest absolute Gasteiger partial charge is 0.283 e. The largest absolute Gasteiger partial charge is 0.389 e. The first-order valence-electron chi connectivity index (χ1n) is 11.0. The van der Waals surface area contributed by atoms with Gasteiger partial charge in [0, 0.05) is 23.9 Å². The molecule has 10 heteroatoms. The second-order valence-electron chi connectivity index (χ2n) is 8.90. The molecule has 172 valence electrons. The van der Waals surface area contributed by atoms with Crippen LogP contribution in [0.15, 0.2) is 24.4 Å². The number of β-amino-alcohol motifs (C(OH)–C–C–N with tert-alkyl or cyclic N) is 1. The van der Waals surface area contributed by atoms with Gasteiger partial charge in [-0.3, -0.25) is 4.98 Å². The Morgan fingerprint density at radius 3 is 2.62 bits per heavy atom. The number of aryl methyl sites for hydroxylation is 1. The summed E-state index contributed by atoms with van der Waals surface area (Å²) in [6.07, 6.45) is -0.226. The maximum atomic E-state index is 14.8. The quantitative estimate of drug-likeness (QED) is 0.485. The van der Waals surface area contributed by atoms with Crippen molar-refractivity contribution in [1.82, 2.24) is 19.6 Å². The SMILES string of the molecule is Cc1nc2c(C#N)c(C(F)F)nn2c(N2CC(O)C2)c1-c1ncc(F)c2cc(C3CC3)ccc12. The Kier molecular flexibility index (Phi) is 4.54. The van der Waals surface area contributed by atoms with E-state index in [1.54, 1.807) is 17.9 Å². The van der Waals surface area contributed by atoms with Crippen molar-refractivity contribution in [3.63, 3.8) is 0 Å². The molecule has 4 heterocycles. The highest BCUT2D eigenvalue weighted by atomic mass is 19.3. The van der Waals surface area contributed by atoms with Crippen LogP contribution in [-0.2, 0) is 0 Å². The molecule has 3 aromatic heterocycles. The zero-order chi connectivity index (χ0) is 23.7. The maximum Gasteiger partial charge on any atom is 0.283 e. The zero-order valence-electron chi connectivity index (χ0n) is 18.1. The third-order valence-corrected chi connectivity index (χ3v) is 6.58. The Morgan fingerprint density at radius 1 is 1.21 bits per heavy atom. The number of anilines is 1. The van der Waals surface area contributed by atoms with Gasteiger partial charge in [-0.15, -0.1) is 0 Å². The van der Waals surface area contributed by atoms with E-state index in [2.05, 4.69) is 15.1 Å². The molecular weight excluding hydrogens is 445 g/mol. The lowest BCUT2D eigenvalue weighted by atomic mass is 9.98. The summed E-state index contributed by atoms with van der Waals surface area (Å²) in [6.45, 7) is 2.20. The predicted molar refractivity (Wildman–Crippen MR) is 118 cm³/mol. The first-order chi connectivity index (χ1) is 16.4. The minimum atomic E-state index is -2.96. The van der Waals surface area contributed by atoms with Gasteiger partial charge in [0.1, 0.15) is 29.0 Å². The van der Waals surface area contributed by atoms with Crippen LogP contribution in [0.4, 0.5) is 19.0 Å². The first kappa shape index (κ1) is 20.9. The van der Waals surface area contributed by atoms with Gasteiger partial charge in [0.15, 0.2) is 5.65 Å². The summed E-state index contributed by atoms with van der Waals surface area (Å²) in [5, 5.41) is 24.5. The van der Waals surface area contributed by atoms with E-state index in [4.69, 9.17) is 0 Å². The molecule has 7 nitrogen and oxygen atoms in total. The highest BCUT2D eigenvalue weighted by molar-refractivity contribution is 5.99. The standard InChI is InChI=1S/C24H19F3N6O/c1-11-19(20-15-5-4-13(12-2-3-12)6-16(15)18(25)8-29-20)24(32-9-14(34)10-32)33-23(30-11)17(7-28)21(31-33)22(26)27/h4-6,8,12,14,22,34H,2-3,9-10H2,1H3. The van der Waals surface area contributed by atoms with Gasteiger partial charge in [-0.2, -0.15) is 14.9 Å². The van der Waals surface area contributed by atoms with E-state index in [9.17, 15) is 23.5 Å². The van der Waals surface area contributed by atoms with Crippen LogP contribution in [-0.4, -0.2) is 43.9 Å². The molecule has 1 aliphatic carbocycles. The Balaban J connectivity index is 1.67. The van der Waals surface area contributed by atoms with Crippen molar-refractivity contribution in [3.8, 4) is 17.3 Å². The molecule has 0 radical (unpaired) electrons. The van der Waals surface area contributed by atoms with Gasteiger partial charge >= 0.3 is 0 Å². The fraction of sp³-hybridized carbons (Fsp3) is 0.333. The molecular formula is C24H19F3N6O. The van der Waals surface area contributed by atoms with Crippen LogP contribution in [0, 0.1) is 24.1 Å². The fourth-order valence-corrected chi connectivity index (χ4v) is 4.71. The van der Waals surface area contributed by atoms with E-state index >= 15 is 0 Å². The van der Waals surface area contributed by atoms with Gasteiger partial charge in [0.2, 0.25) is 0 Å². The van der Waals surface area contributed by atoms with E-state index in [-0.39, 0.29) is 24.3 Å². The molecule has 1 saturated heterocycles. The van der Waals surface area contributed by atoms with E-state index < -0.39 is 24.0 Å². The van der Waals surface area contributed by atoms with Crippen LogP contribution in [0.25, 0.3) is 27.7 Å². The Morgan fingerprint density at radius 2 is 1.97 bits per heavy atom. The van der Waals surface area contributed by atoms with Crippen LogP contribution >= 0.6 is 0 Å². The number of fused-ring (bicyclic) bond motifs is 2. The number of aliphatic hydroxyl groups is 1. The second kappa shape index (κ2) is 7.40. The van der Waals surface area contributed by atoms with Crippen molar-refractivity contribution in [2.24, 2.45) is 0 Å². The van der Waals surface area contributed by atoms with Crippen molar-refractivity contribution < 1.29 is 18.3 Å². The fourth-order valence-electron chi connectivity index (χ4n) is 4.71. The van der Waals surface area contributed by atoms with Gasteiger partial charge in [-0.1, -0.05) is 12.1 Å². The second-order valence-corrected chi connectivity index (χ2v) is 8.90. The molecule has 4 aromatic rings. The molecule has 0 amide bonds. The van der Waals surface area contributed by atoms with Crippen molar-refractivity contribution in [2.75, 3.05) is 18.0 Å². The van der Waals surface area contributed by atoms with Gasteiger partial charge in [-0.25, -0.2) is 18.2 Å². The molecule has 0 bridgehead atoms. The number of rotatable bonds is 4. The summed E-state index contributed by atoms with van der Waals surface area (Å²) in [4.78, 5) is 10.6. The topological polar surface area (TPSA) is 90.3 Å². The molecule has 2 aliphatic rings. The van der Waals surface area contributed by atoms with Gasteiger partial charge in [-0.05, 0) is 37.3 Å². The lowest BCUT2D eigenvalue weighted by molar-refractivity contribution is 0.140. The molecule has 1 saturated carbocycles. The molecule has 34 heavy (non-hydrogen) atoms. The molecule has 0 atom stereocenters. The van der Waals surface area contributed by atoms with Crippen molar-refractivity contribution in [2.45, 2.75) is 38.2 Å². The lowest BCUT2D eigenvalue weighted by Crippen LogP contribution is -2.52. The van der Waals surface area contributed by atoms with E-state index in [1.165, 1.54) is 4.52 Å². The number of hydrogen-bond acceptors (Lipinski definition) is 6. The van der Waals surface area contributed by atoms with Crippen molar-refractivity contribution in [1.29, 1.82) is 5.26 Å². The maximum absolute atomic E-state index is 14.8. The first-order valence-corrected chi connectivity index (χ1v) is 11.0. The van der Waals surface area contributed by atoms with E-state index in [0.717, 1.165) is 24.6 Å². The highest BCUT2D eigenvalue weighted by Crippen LogP contribution is 2.43. The number of alkyl halides is 2. The minimum absolute atomic E-state index is 0.0119. The summed E-state index contributed by atoms with van der Waals surface area (Å²) >= 11 is 0. The van der Waals surface area contributed by atoms with Crippen LogP contribution in [0.1, 0.15) is 47.7 Å². The minimum Gasteiger partial charge on any atom is -0.389 e. The van der Waals surface area contributed by atoms with Gasteiger partial charge in [0.05, 0.1) is 29.3 Å². The average molecular weight is 464 g/mol. The van der Waals surface area contributed by atoms with E-state index in [0.29, 0.717) is 39.5 Å². The monoisotopic (exact) mass is 464 g/mol. The molecule has 2 fully saturated rings. The number of pyridine rings is 1. The lowest BCUT2D eigenvalue weighted by Gasteiger charge is -2.39. The van der Waals surface area contributed by atoms with Gasteiger partial charge < -0.3 is 10.0 Å². The summed E-state index contributed by atoms with van der Waals surface area (Å²) in [7, 11) is 0. The van der Waals surface area contributed by atoms with Crippen molar-refractivity contribution >= 4 is 22.2 Å². The summed E-state index contributed by atoms with van der Waals surface area (Å²) < 4.78 is 43.4. The number of nitriles is 1. The van der Waals surface area contributed by atoms with E-state index in [1.807, 2.05) is 18.2 Å². The number of nitrogens with zero attached hydrogens (tertiary/aromatic N) is 6. The average Bonchev–Trinajstić information content (AvgIpc) is 3.58. The highest BCUT2D eigenvalue weighted by Gasteiger charge is 2.34. The van der Waals surface area contributed by atoms with Crippen LogP contribution < -0.4 is 4.90 Å². The molecule has 0 spiro atoms. The molecule has 1 aliphatic heterocycles. The molecule has 1 N–H and O–H groups in total. The van der Waals surface area contributed by atoms with Crippen LogP contribution in [0.3, 0.4) is 0 Å². The summed E-state index contributed by atoms with van der Waals surface area (Å²) in [6, 6.07) is 7.45. The third-order valence-electron chi connectivity index (χ3n) is 6.58. The summed E-state index contributed by atoms with van der Waals surface area (Å²) in [5.74, 6) is 0.391. The van der Waals surface area contributed by atoms with Crippen LogP contribution in [0.2, 0.25) is 0 Å². The Hall–Kier alpha value is -3.71. The van der Waals surface area contributed by atoms with Crippen LogP contribution in [0.5, 0.6) is 0 Å².